The fourth-order valence-electron chi connectivity index (χ4n) is 3.33. The molecule has 0 radical (unpaired) electrons. The number of ketones is 1. The number of phenols is 1. The van der Waals surface area contributed by atoms with E-state index in [9.17, 15) is 9.90 Å². The van der Waals surface area contributed by atoms with Crippen molar-refractivity contribution >= 4 is 23.6 Å². The van der Waals surface area contributed by atoms with Gasteiger partial charge in [0.1, 0.15) is 0 Å². The number of carbonyl (C=O) groups excluding carboxylic acids is 1. The van der Waals surface area contributed by atoms with E-state index in [1.807, 2.05) is 30.4 Å². The molecule has 0 aliphatic heterocycles. The molecular formula is C27H27NO6. The number of hydrogen-bond donors (Lipinski definition) is 2. The molecule has 0 spiro atoms. The van der Waals surface area contributed by atoms with Gasteiger partial charge in [0.2, 0.25) is 5.75 Å². The van der Waals surface area contributed by atoms with Crippen molar-refractivity contribution in [2.45, 2.75) is 0 Å². The second kappa shape index (κ2) is 11.5. The van der Waals surface area contributed by atoms with Gasteiger partial charge in [-0.15, -0.1) is 0 Å². The van der Waals surface area contributed by atoms with Crippen molar-refractivity contribution in [3.05, 3.63) is 83.6 Å². The van der Waals surface area contributed by atoms with Crippen molar-refractivity contribution in [1.29, 1.82) is 0 Å². The zero-order valence-electron chi connectivity index (χ0n) is 19.5. The summed E-state index contributed by atoms with van der Waals surface area (Å²) in [5.41, 5.74) is 2.42. The van der Waals surface area contributed by atoms with E-state index in [2.05, 4.69) is 5.32 Å². The fraction of sp³-hybridized carbons (Fsp3) is 0.148. The normalized spacial score (nSPS) is 10.9. The Kier molecular flexibility index (Phi) is 8.18. The number of phenolic OH excluding ortho intramolecular Hbond substituents is 1. The van der Waals surface area contributed by atoms with Gasteiger partial charge in [0.05, 0.1) is 34.1 Å². The van der Waals surface area contributed by atoms with Crippen LogP contribution in [0, 0.1) is 0 Å². The Labute approximate surface area is 198 Å². The Hall–Kier alpha value is -4.39. The summed E-state index contributed by atoms with van der Waals surface area (Å²) in [5.74, 6) is 1.62. The number of nitrogens with one attached hydrogen (secondary N) is 1. The number of carbonyl (C=O) groups is 1. The molecule has 0 fully saturated rings. The molecule has 2 N–H and O–H groups in total. The number of aromatic hydroxyl groups is 1. The molecule has 7 nitrogen and oxygen atoms in total. The van der Waals surface area contributed by atoms with Crippen molar-refractivity contribution in [2.75, 3.05) is 33.8 Å². The van der Waals surface area contributed by atoms with Crippen molar-refractivity contribution in [1.82, 2.24) is 0 Å². The van der Waals surface area contributed by atoms with E-state index >= 15 is 0 Å². The van der Waals surface area contributed by atoms with Crippen LogP contribution >= 0.6 is 0 Å². The highest BCUT2D eigenvalue weighted by atomic mass is 16.5. The Balaban J connectivity index is 1.92. The van der Waals surface area contributed by atoms with Crippen LogP contribution in [0.15, 0.2) is 66.9 Å². The lowest BCUT2D eigenvalue weighted by atomic mass is 10.1. The topological polar surface area (TPSA) is 86.3 Å². The summed E-state index contributed by atoms with van der Waals surface area (Å²) in [6, 6.07) is 16.0. The molecule has 7 heteroatoms. The lowest BCUT2D eigenvalue weighted by Gasteiger charge is -2.13. The van der Waals surface area contributed by atoms with Gasteiger partial charge in [-0.2, -0.15) is 0 Å². The van der Waals surface area contributed by atoms with Crippen LogP contribution in [0.1, 0.15) is 21.5 Å². The standard InChI is InChI=1S/C27H27NO6/c1-31-22-13-12-20(11-10-18-16-23(32-2)27(34-4)24(17-18)33-3)25(26(22)30)28-15-14-21(29)19-8-6-5-7-9-19/h5-17,28,30H,1-4H3/b11-10+,15-14-. The predicted molar refractivity (Wildman–Crippen MR) is 133 cm³/mol. The monoisotopic (exact) mass is 461 g/mol. The summed E-state index contributed by atoms with van der Waals surface area (Å²) in [4.78, 5) is 12.3. The van der Waals surface area contributed by atoms with Crippen molar-refractivity contribution in [3.63, 3.8) is 0 Å². The Bertz CT molecular complexity index is 1180. The van der Waals surface area contributed by atoms with Crippen LogP contribution in [0.4, 0.5) is 5.69 Å². The van der Waals surface area contributed by atoms with Crippen LogP contribution < -0.4 is 24.3 Å². The third-order valence-corrected chi connectivity index (χ3v) is 5.06. The van der Waals surface area contributed by atoms with Crippen LogP contribution in [0.3, 0.4) is 0 Å². The van der Waals surface area contributed by atoms with Gasteiger partial charge in [0, 0.05) is 23.4 Å². The minimum Gasteiger partial charge on any atom is -0.503 e. The minimum atomic E-state index is -0.162. The van der Waals surface area contributed by atoms with Crippen LogP contribution in [0.2, 0.25) is 0 Å². The first-order valence-electron chi connectivity index (χ1n) is 10.4. The van der Waals surface area contributed by atoms with E-state index in [0.717, 1.165) is 5.56 Å². The number of allylic oxidation sites excluding steroid dienone is 1. The molecule has 3 aromatic carbocycles. The maximum Gasteiger partial charge on any atom is 0.203 e. The highest BCUT2D eigenvalue weighted by Crippen LogP contribution is 2.40. The first kappa shape index (κ1) is 24.3. The molecule has 0 heterocycles. The van der Waals surface area contributed by atoms with Crippen molar-refractivity contribution in [2.24, 2.45) is 0 Å². The van der Waals surface area contributed by atoms with Crippen LogP contribution in [0.5, 0.6) is 28.7 Å². The summed E-state index contributed by atoms with van der Waals surface area (Å²) in [6.45, 7) is 0. The zero-order valence-corrected chi connectivity index (χ0v) is 19.5. The second-order valence-corrected chi connectivity index (χ2v) is 7.08. The molecule has 34 heavy (non-hydrogen) atoms. The van der Waals surface area contributed by atoms with Gasteiger partial charge in [-0.05, 0) is 29.8 Å². The number of anilines is 1. The molecule has 0 saturated heterocycles. The van der Waals surface area contributed by atoms with Gasteiger partial charge in [-0.1, -0.05) is 42.5 Å². The van der Waals surface area contributed by atoms with Gasteiger partial charge in [-0.25, -0.2) is 0 Å². The highest BCUT2D eigenvalue weighted by Gasteiger charge is 2.14. The number of hydrogen-bond acceptors (Lipinski definition) is 7. The summed E-state index contributed by atoms with van der Waals surface area (Å²) in [7, 11) is 6.12. The maximum atomic E-state index is 12.3. The summed E-state index contributed by atoms with van der Waals surface area (Å²) in [5, 5.41) is 13.7. The van der Waals surface area contributed by atoms with Gasteiger partial charge in [-0.3, -0.25) is 4.79 Å². The van der Waals surface area contributed by atoms with Crippen LogP contribution in [-0.4, -0.2) is 39.3 Å². The minimum absolute atomic E-state index is 0.0775. The third kappa shape index (κ3) is 5.50. The molecule has 0 aliphatic rings. The molecular weight excluding hydrogens is 434 g/mol. The van der Waals surface area contributed by atoms with Crippen LogP contribution in [0.25, 0.3) is 12.2 Å². The smallest absolute Gasteiger partial charge is 0.203 e. The first-order chi connectivity index (χ1) is 16.5. The Morgan fingerprint density at radius 1 is 0.824 bits per heavy atom. The molecule has 0 unspecified atom stereocenters. The third-order valence-electron chi connectivity index (χ3n) is 5.06. The van der Waals surface area contributed by atoms with Gasteiger partial charge in [0.15, 0.2) is 28.8 Å². The predicted octanol–water partition coefficient (Wildman–Crippen LogP) is 5.41. The summed E-state index contributed by atoms with van der Waals surface area (Å²) in [6.07, 6.45) is 6.55. The molecule has 0 aliphatic carbocycles. The Morgan fingerprint density at radius 3 is 2.06 bits per heavy atom. The van der Waals surface area contributed by atoms with E-state index < -0.39 is 0 Å². The molecule has 0 saturated carbocycles. The van der Waals surface area contributed by atoms with Gasteiger partial charge < -0.3 is 29.4 Å². The molecule has 3 rings (SSSR count). The lowest BCUT2D eigenvalue weighted by Crippen LogP contribution is -1.98. The maximum absolute atomic E-state index is 12.3. The SMILES string of the molecule is COc1ccc(/C=C/c2cc(OC)c(OC)c(OC)c2)c(N/C=C\C(=O)c2ccccc2)c1O. The summed E-state index contributed by atoms with van der Waals surface area (Å²) < 4.78 is 21.4. The quantitative estimate of drug-likeness (QED) is 0.181. The van der Waals surface area contributed by atoms with E-state index in [-0.39, 0.29) is 11.5 Å². The largest absolute Gasteiger partial charge is 0.503 e. The van der Waals surface area contributed by atoms with Gasteiger partial charge >= 0.3 is 0 Å². The molecule has 176 valence electrons. The lowest BCUT2D eigenvalue weighted by molar-refractivity contribution is 0.104. The Morgan fingerprint density at radius 2 is 1.47 bits per heavy atom. The van der Waals surface area contributed by atoms with Gasteiger partial charge in [0.25, 0.3) is 0 Å². The summed E-state index contributed by atoms with van der Waals surface area (Å²) >= 11 is 0. The van der Waals surface area contributed by atoms with Crippen LogP contribution in [-0.2, 0) is 0 Å². The van der Waals surface area contributed by atoms with E-state index in [0.29, 0.717) is 39.8 Å². The fourth-order valence-corrected chi connectivity index (χ4v) is 3.33. The van der Waals surface area contributed by atoms with Crippen molar-refractivity contribution in [3.8, 4) is 28.7 Å². The van der Waals surface area contributed by atoms with Crippen molar-refractivity contribution < 1.29 is 28.8 Å². The molecule has 3 aromatic rings. The average Bonchev–Trinajstić information content (AvgIpc) is 2.88. The number of benzene rings is 3. The number of rotatable bonds is 10. The average molecular weight is 462 g/mol. The molecule has 0 aromatic heterocycles. The molecule has 0 bridgehead atoms. The zero-order chi connectivity index (χ0) is 24.5. The number of ether oxygens (including phenoxy) is 4. The molecule has 0 amide bonds. The molecule has 0 atom stereocenters. The second-order valence-electron chi connectivity index (χ2n) is 7.08. The van der Waals surface area contributed by atoms with E-state index in [1.54, 1.807) is 57.7 Å². The van der Waals surface area contributed by atoms with E-state index in [1.165, 1.54) is 19.4 Å². The number of methoxy groups -OCH3 is 4. The highest BCUT2D eigenvalue weighted by molar-refractivity contribution is 6.04. The first-order valence-corrected chi connectivity index (χ1v) is 10.4. The van der Waals surface area contributed by atoms with E-state index in [4.69, 9.17) is 18.9 Å².